The number of anilines is 1. The maximum absolute atomic E-state index is 12.3. The fourth-order valence-corrected chi connectivity index (χ4v) is 3.48. The van der Waals surface area contributed by atoms with Crippen molar-refractivity contribution in [2.45, 2.75) is 25.2 Å². The summed E-state index contributed by atoms with van der Waals surface area (Å²) in [4.78, 5) is 16.3. The summed E-state index contributed by atoms with van der Waals surface area (Å²) in [5.41, 5.74) is 2.55. The number of carbonyl (C=O) groups is 1. The molecule has 0 spiro atoms. The van der Waals surface area contributed by atoms with Crippen molar-refractivity contribution >= 4 is 11.7 Å². The first-order valence-corrected chi connectivity index (χ1v) is 8.44. The Labute approximate surface area is 138 Å². The van der Waals surface area contributed by atoms with Crippen LogP contribution in [0.1, 0.15) is 30.7 Å². The second kappa shape index (κ2) is 6.40. The van der Waals surface area contributed by atoms with Crippen LogP contribution in [0.15, 0.2) is 24.3 Å². The lowest BCUT2D eigenvalue weighted by molar-refractivity contribution is 0.161. The van der Waals surface area contributed by atoms with Crippen molar-refractivity contribution in [3.8, 4) is 0 Å². The summed E-state index contributed by atoms with van der Waals surface area (Å²) in [6, 6.07) is 8.40. The quantitative estimate of drug-likeness (QED) is 0.873. The smallest absolute Gasteiger partial charge is 0.317 e. The number of nitrogens with one attached hydrogen (secondary N) is 1. The standard InChI is InChI=1S/C18H27N3O2/c1-20-10-7-14(15-5-3-4-6-16(15)20)11-19-17(23)21(2)12-18(13-22)8-9-18/h3-6,14,22H,7-13H2,1-2H3,(H,19,23)/t14-/m0/s1. The Hall–Kier alpha value is -1.75. The number of rotatable bonds is 5. The molecule has 126 valence electrons. The molecule has 1 saturated carbocycles. The number of para-hydroxylation sites is 1. The summed E-state index contributed by atoms with van der Waals surface area (Å²) in [5, 5.41) is 12.5. The highest BCUT2D eigenvalue weighted by atomic mass is 16.3. The third-order valence-electron chi connectivity index (χ3n) is 5.31. The second-order valence-corrected chi connectivity index (χ2v) is 7.17. The number of aliphatic hydroxyl groups is 1. The molecule has 1 atom stereocenters. The van der Waals surface area contributed by atoms with Crippen LogP contribution in [-0.2, 0) is 0 Å². The van der Waals surface area contributed by atoms with Crippen LogP contribution in [0.2, 0.25) is 0 Å². The molecule has 0 bridgehead atoms. The second-order valence-electron chi connectivity index (χ2n) is 7.17. The molecule has 1 aromatic rings. The van der Waals surface area contributed by atoms with Crippen LogP contribution in [-0.4, -0.2) is 56.4 Å². The fraction of sp³-hybridized carbons (Fsp3) is 0.611. The third kappa shape index (κ3) is 3.44. The van der Waals surface area contributed by atoms with Gasteiger partial charge in [0.1, 0.15) is 0 Å². The highest BCUT2D eigenvalue weighted by Gasteiger charge is 2.43. The van der Waals surface area contributed by atoms with E-state index in [0.29, 0.717) is 19.0 Å². The van der Waals surface area contributed by atoms with Crippen LogP contribution in [0, 0.1) is 5.41 Å². The molecule has 0 aromatic heterocycles. The van der Waals surface area contributed by atoms with Crippen molar-refractivity contribution in [3.63, 3.8) is 0 Å². The van der Waals surface area contributed by atoms with Crippen LogP contribution >= 0.6 is 0 Å². The number of benzene rings is 1. The van der Waals surface area contributed by atoms with Crippen molar-refractivity contribution in [1.29, 1.82) is 0 Å². The van der Waals surface area contributed by atoms with Gasteiger partial charge in [-0.15, -0.1) is 0 Å². The van der Waals surface area contributed by atoms with Gasteiger partial charge in [-0.3, -0.25) is 0 Å². The lowest BCUT2D eigenvalue weighted by Gasteiger charge is -2.33. The van der Waals surface area contributed by atoms with Gasteiger partial charge < -0.3 is 20.2 Å². The minimum Gasteiger partial charge on any atom is -0.396 e. The first-order valence-electron chi connectivity index (χ1n) is 8.44. The molecule has 1 aliphatic carbocycles. The molecule has 5 heteroatoms. The molecule has 1 aliphatic heterocycles. The molecular formula is C18H27N3O2. The van der Waals surface area contributed by atoms with Gasteiger partial charge in [-0.05, 0) is 30.9 Å². The van der Waals surface area contributed by atoms with Gasteiger partial charge in [-0.1, -0.05) is 18.2 Å². The molecule has 1 fully saturated rings. The van der Waals surface area contributed by atoms with Gasteiger partial charge in [0.2, 0.25) is 0 Å². The number of carbonyl (C=O) groups excluding carboxylic acids is 1. The largest absolute Gasteiger partial charge is 0.396 e. The minimum atomic E-state index is -0.0406. The van der Waals surface area contributed by atoms with E-state index < -0.39 is 0 Å². The number of aliphatic hydroxyl groups excluding tert-OH is 1. The minimum absolute atomic E-state index is 0.0355. The van der Waals surface area contributed by atoms with Crippen LogP contribution in [0.25, 0.3) is 0 Å². The molecule has 0 unspecified atom stereocenters. The average molecular weight is 317 g/mol. The van der Waals surface area contributed by atoms with Crippen LogP contribution in [0.3, 0.4) is 0 Å². The van der Waals surface area contributed by atoms with Gasteiger partial charge in [0, 0.05) is 50.7 Å². The van der Waals surface area contributed by atoms with E-state index in [-0.39, 0.29) is 18.1 Å². The fourth-order valence-electron chi connectivity index (χ4n) is 3.48. The Balaban J connectivity index is 1.56. The maximum atomic E-state index is 12.3. The maximum Gasteiger partial charge on any atom is 0.317 e. The molecule has 2 N–H and O–H groups in total. The molecular weight excluding hydrogens is 290 g/mol. The summed E-state index contributed by atoms with van der Waals surface area (Å²) in [5.74, 6) is 0.368. The first-order chi connectivity index (χ1) is 11.0. The summed E-state index contributed by atoms with van der Waals surface area (Å²) in [6.45, 7) is 2.49. The molecule has 1 aromatic carbocycles. The van der Waals surface area contributed by atoms with Gasteiger partial charge in [0.05, 0.1) is 6.61 Å². The predicted molar refractivity (Wildman–Crippen MR) is 91.9 cm³/mol. The monoisotopic (exact) mass is 317 g/mol. The molecule has 2 amide bonds. The highest BCUT2D eigenvalue weighted by molar-refractivity contribution is 5.74. The number of fused-ring (bicyclic) bond motifs is 1. The molecule has 2 aliphatic rings. The Morgan fingerprint density at radius 1 is 1.43 bits per heavy atom. The van der Waals surface area contributed by atoms with E-state index in [9.17, 15) is 9.90 Å². The van der Waals surface area contributed by atoms with Gasteiger partial charge in [0.25, 0.3) is 0 Å². The van der Waals surface area contributed by atoms with E-state index in [1.165, 1.54) is 11.3 Å². The van der Waals surface area contributed by atoms with Crippen LogP contribution in [0.4, 0.5) is 10.5 Å². The number of hydrogen-bond donors (Lipinski definition) is 2. The molecule has 0 saturated heterocycles. The highest BCUT2D eigenvalue weighted by Crippen LogP contribution is 2.45. The molecule has 1 heterocycles. The van der Waals surface area contributed by atoms with E-state index in [0.717, 1.165) is 25.8 Å². The van der Waals surface area contributed by atoms with Crippen molar-refractivity contribution < 1.29 is 9.90 Å². The molecule has 3 rings (SSSR count). The lowest BCUT2D eigenvalue weighted by atomic mass is 9.90. The normalized spacial score (nSPS) is 21.5. The summed E-state index contributed by atoms with van der Waals surface area (Å²) in [7, 11) is 3.93. The Morgan fingerprint density at radius 2 is 2.17 bits per heavy atom. The van der Waals surface area contributed by atoms with Crippen molar-refractivity contribution in [3.05, 3.63) is 29.8 Å². The van der Waals surface area contributed by atoms with Crippen LogP contribution in [0.5, 0.6) is 0 Å². The topological polar surface area (TPSA) is 55.8 Å². The van der Waals surface area contributed by atoms with Crippen molar-refractivity contribution in [2.75, 3.05) is 45.2 Å². The lowest BCUT2D eigenvalue weighted by Crippen LogP contribution is -2.43. The number of hydrogen-bond acceptors (Lipinski definition) is 3. The van der Waals surface area contributed by atoms with Crippen LogP contribution < -0.4 is 10.2 Å². The zero-order valence-electron chi connectivity index (χ0n) is 14.1. The summed E-state index contributed by atoms with van der Waals surface area (Å²) < 4.78 is 0. The zero-order chi connectivity index (χ0) is 16.4. The molecule has 0 radical (unpaired) electrons. The summed E-state index contributed by atoms with van der Waals surface area (Å²) in [6.07, 6.45) is 3.09. The SMILES string of the molecule is CN(CC1(CO)CC1)C(=O)NC[C@@H]1CCN(C)c2ccccc21. The van der Waals surface area contributed by atoms with Crippen molar-refractivity contribution in [1.82, 2.24) is 10.2 Å². The number of urea groups is 1. The van der Waals surface area contributed by atoms with Gasteiger partial charge in [-0.2, -0.15) is 0 Å². The number of nitrogens with zero attached hydrogens (tertiary/aromatic N) is 2. The van der Waals surface area contributed by atoms with E-state index in [1.54, 1.807) is 4.90 Å². The first kappa shape index (κ1) is 16.1. The molecule has 5 nitrogen and oxygen atoms in total. The zero-order valence-corrected chi connectivity index (χ0v) is 14.1. The van der Waals surface area contributed by atoms with Crippen molar-refractivity contribution in [2.24, 2.45) is 5.41 Å². The Kier molecular flexibility index (Phi) is 4.48. The Morgan fingerprint density at radius 3 is 2.87 bits per heavy atom. The predicted octanol–water partition coefficient (Wildman–Crippen LogP) is 2.02. The number of amides is 2. The van der Waals surface area contributed by atoms with Gasteiger partial charge >= 0.3 is 6.03 Å². The van der Waals surface area contributed by atoms with E-state index in [1.807, 2.05) is 7.05 Å². The summed E-state index contributed by atoms with van der Waals surface area (Å²) >= 11 is 0. The van der Waals surface area contributed by atoms with Gasteiger partial charge in [-0.25, -0.2) is 4.79 Å². The third-order valence-corrected chi connectivity index (χ3v) is 5.31. The average Bonchev–Trinajstić information content (AvgIpc) is 3.34. The van der Waals surface area contributed by atoms with E-state index in [2.05, 4.69) is 41.5 Å². The van der Waals surface area contributed by atoms with E-state index in [4.69, 9.17) is 0 Å². The molecule has 23 heavy (non-hydrogen) atoms. The van der Waals surface area contributed by atoms with E-state index >= 15 is 0 Å². The Bertz CT molecular complexity index is 571. The van der Waals surface area contributed by atoms with Gasteiger partial charge in [0.15, 0.2) is 0 Å².